The summed E-state index contributed by atoms with van der Waals surface area (Å²) in [7, 11) is 1.63. The molecule has 1 fully saturated rings. The molecule has 3 aromatic rings. The van der Waals surface area contributed by atoms with Crippen LogP contribution < -0.4 is 15.4 Å². The molecule has 2 aromatic heterocycles. The Morgan fingerprint density at radius 2 is 2.21 bits per heavy atom. The molecule has 166 valence electrons. The van der Waals surface area contributed by atoms with Crippen LogP contribution in [0.3, 0.4) is 0 Å². The molecule has 2 aliphatic heterocycles. The van der Waals surface area contributed by atoms with Crippen LogP contribution in [0.4, 0.5) is 11.6 Å². The lowest BCUT2D eigenvalue weighted by atomic mass is 9.88. The van der Waals surface area contributed by atoms with Crippen LogP contribution in [-0.4, -0.2) is 41.2 Å². The van der Waals surface area contributed by atoms with Crippen molar-refractivity contribution in [1.82, 2.24) is 20.5 Å². The summed E-state index contributed by atoms with van der Waals surface area (Å²) in [6.07, 6.45) is 6.12. The minimum Gasteiger partial charge on any atom is -0.501 e. The number of H-pyrrole nitrogens is 1. The zero-order chi connectivity index (χ0) is 22.2. The minimum absolute atomic E-state index is 0.0319. The molecule has 2 aliphatic carbocycles. The number of benzene rings is 1. The number of hydrogen-bond acceptors (Lipinski definition) is 7. The van der Waals surface area contributed by atoms with E-state index in [-0.39, 0.29) is 11.2 Å². The Morgan fingerprint density at radius 1 is 1.27 bits per heavy atom. The van der Waals surface area contributed by atoms with Crippen molar-refractivity contribution in [2.75, 3.05) is 25.6 Å². The van der Waals surface area contributed by atoms with Gasteiger partial charge in [-0.25, -0.2) is 4.98 Å². The third-order valence-electron chi connectivity index (χ3n) is 7.47. The molecule has 8 nitrogen and oxygen atoms in total. The largest absolute Gasteiger partial charge is 0.501 e. The van der Waals surface area contributed by atoms with Crippen LogP contribution in [0.1, 0.15) is 29.9 Å². The first-order valence-corrected chi connectivity index (χ1v) is 11.3. The maximum absolute atomic E-state index is 12.5. The first-order chi connectivity index (χ1) is 16.2. The summed E-state index contributed by atoms with van der Waals surface area (Å²) < 4.78 is 11.2. The summed E-state index contributed by atoms with van der Waals surface area (Å²) in [5.41, 5.74) is 5.24. The molecular formula is C25H23N5O3. The molecule has 0 radical (unpaired) electrons. The molecular weight excluding hydrogens is 418 g/mol. The van der Waals surface area contributed by atoms with E-state index in [0.29, 0.717) is 24.8 Å². The van der Waals surface area contributed by atoms with Crippen LogP contribution in [-0.2, 0) is 16.0 Å². The van der Waals surface area contributed by atoms with Crippen LogP contribution >= 0.6 is 0 Å². The molecule has 0 bridgehead atoms. The van der Waals surface area contributed by atoms with Crippen LogP contribution in [0.25, 0.3) is 10.9 Å². The number of aromatic nitrogens is 3. The van der Waals surface area contributed by atoms with Crippen molar-refractivity contribution in [2.24, 2.45) is 5.41 Å². The summed E-state index contributed by atoms with van der Waals surface area (Å²) in [6.45, 7) is 1.48. The highest BCUT2D eigenvalue weighted by Crippen LogP contribution is 2.66. The van der Waals surface area contributed by atoms with Crippen LogP contribution in [0.15, 0.2) is 53.6 Å². The number of ether oxygens (including phenoxy) is 2. The quantitative estimate of drug-likeness (QED) is 0.570. The van der Waals surface area contributed by atoms with Gasteiger partial charge in [0, 0.05) is 35.5 Å². The molecule has 2 atom stereocenters. The average molecular weight is 441 g/mol. The molecule has 1 saturated carbocycles. The second kappa shape index (κ2) is 6.60. The highest BCUT2D eigenvalue weighted by atomic mass is 16.5. The molecule has 4 heterocycles. The lowest BCUT2D eigenvalue weighted by molar-refractivity contribution is -0.115. The smallest absolute Gasteiger partial charge is 0.186 e. The molecule has 1 spiro atoms. The van der Waals surface area contributed by atoms with E-state index in [1.54, 1.807) is 13.3 Å². The van der Waals surface area contributed by atoms with Gasteiger partial charge in [-0.05, 0) is 47.8 Å². The number of hydrogen-bond donors (Lipinski definition) is 3. The van der Waals surface area contributed by atoms with E-state index in [1.807, 2.05) is 6.07 Å². The highest BCUT2D eigenvalue weighted by Gasteiger charge is 2.61. The number of methoxy groups -OCH3 is 1. The Labute approximate surface area is 190 Å². The Balaban J connectivity index is 1.19. The van der Waals surface area contributed by atoms with Crippen molar-refractivity contribution in [2.45, 2.75) is 25.2 Å². The van der Waals surface area contributed by atoms with E-state index in [4.69, 9.17) is 9.47 Å². The van der Waals surface area contributed by atoms with Crippen molar-refractivity contribution in [3.05, 3.63) is 64.7 Å². The maximum Gasteiger partial charge on any atom is 0.186 e. The fraction of sp³-hybridized carbons (Fsp3) is 0.320. The number of carbonyl (C=O) groups excluding carboxylic acids is 1. The van der Waals surface area contributed by atoms with Crippen LogP contribution in [0.5, 0.6) is 5.75 Å². The second-order valence-corrected chi connectivity index (χ2v) is 9.22. The molecule has 3 N–H and O–H groups in total. The number of allylic oxidation sites excluding steroid dienone is 3. The molecule has 0 amide bonds. The predicted octanol–water partition coefficient (Wildman–Crippen LogP) is 3.47. The Hall–Kier alpha value is -3.81. The van der Waals surface area contributed by atoms with Gasteiger partial charge < -0.3 is 20.1 Å². The van der Waals surface area contributed by atoms with E-state index >= 15 is 0 Å². The number of nitrogens with zero attached hydrogens (tertiary/aromatic N) is 2. The molecule has 7 rings (SSSR count). The lowest BCUT2D eigenvalue weighted by Gasteiger charge is -2.17. The highest BCUT2D eigenvalue weighted by molar-refractivity contribution is 6.00. The standard InChI is InChI=1S/C25H23N5O3/c1-32-15-9-17-21(20(31)10-15)27-12-25(17)11-18(25)14-2-3-16-19(8-14)29-30-23(16)28-24-22-13(4-6-26-24)5-7-33-22/h2-4,6,8-9,18,27H,5,7,10-12H2,1H3,(H2,26,28,29,30)/t18-,25-/m0/s1. The number of nitrogens with one attached hydrogen (secondary N) is 3. The van der Waals surface area contributed by atoms with Gasteiger partial charge in [0.15, 0.2) is 23.2 Å². The summed E-state index contributed by atoms with van der Waals surface area (Å²) in [4.78, 5) is 17.0. The van der Waals surface area contributed by atoms with Gasteiger partial charge in [0.05, 0.1) is 31.4 Å². The number of rotatable bonds is 4. The van der Waals surface area contributed by atoms with Gasteiger partial charge in [0.1, 0.15) is 5.76 Å². The van der Waals surface area contributed by atoms with Gasteiger partial charge in [-0.3, -0.25) is 9.89 Å². The third kappa shape index (κ3) is 2.66. The van der Waals surface area contributed by atoms with E-state index in [9.17, 15) is 4.79 Å². The zero-order valence-electron chi connectivity index (χ0n) is 18.2. The fourth-order valence-corrected chi connectivity index (χ4v) is 5.63. The molecule has 8 heteroatoms. The van der Waals surface area contributed by atoms with Crippen molar-refractivity contribution < 1.29 is 14.3 Å². The summed E-state index contributed by atoms with van der Waals surface area (Å²) >= 11 is 0. The first kappa shape index (κ1) is 18.7. The molecule has 0 saturated heterocycles. The monoisotopic (exact) mass is 441 g/mol. The van der Waals surface area contributed by atoms with E-state index in [0.717, 1.165) is 58.9 Å². The number of fused-ring (bicyclic) bond motifs is 3. The lowest BCUT2D eigenvalue weighted by Crippen LogP contribution is -2.19. The molecule has 4 aliphatic rings. The number of anilines is 2. The maximum atomic E-state index is 12.5. The number of carbonyl (C=O) groups is 1. The van der Waals surface area contributed by atoms with Gasteiger partial charge in [0.25, 0.3) is 0 Å². The minimum atomic E-state index is -0.0319. The summed E-state index contributed by atoms with van der Waals surface area (Å²) in [6, 6.07) is 8.45. The summed E-state index contributed by atoms with van der Waals surface area (Å²) in [5, 5.41) is 15.4. The Morgan fingerprint density at radius 3 is 3.12 bits per heavy atom. The van der Waals surface area contributed by atoms with Gasteiger partial charge >= 0.3 is 0 Å². The third-order valence-corrected chi connectivity index (χ3v) is 7.47. The van der Waals surface area contributed by atoms with Gasteiger partial charge in [0.2, 0.25) is 0 Å². The van der Waals surface area contributed by atoms with Crippen LogP contribution in [0, 0.1) is 5.41 Å². The van der Waals surface area contributed by atoms with Gasteiger partial charge in [-0.2, -0.15) is 5.10 Å². The van der Waals surface area contributed by atoms with Gasteiger partial charge in [-0.15, -0.1) is 0 Å². The number of Topliss-reactive ketones (excluding diaryl/α,β-unsaturated/α-hetero) is 1. The second-order valence-electron chi connectivity index (χ2n) is 9.22. The SMILES string of the molecule is COC1=CC2=C(NC[C@@]23C[C@H]3c2ccc3c(Nc4nccc5c4OCC5)n[nH]c3c2)C(=O)C1. The number of aromatic amines is 1. The molecule has 0 unspecified atom stereocenters. The fourth-order valence-electron chi connectivity index (χ4n) is 5.63. The number of pyridine rings is 1. The van der Waals surface area contributed by atoms with Crippen LogP contribution in [0.2, 0.25) is 0 Å². The average Bonchev–Trinajstić information content (AvgIpc) is 3.14. The van der Waals surface area contributed by atoms with Crippen molar-refractivity contribution >= 4 is 28.3 Å². The van der Waals surface area contributed by atoms with Crippen molar-refractivity contribution in [3.63, 3.8) is 0 Å². The molecule has 33 heavy (non-hydrogen) atoms. The number of ketones is 1. The van der Waals surface area contributed by atoms with Gasteiger partial charge in [-0.1, -0.05) is 6.07 Å². The van der Waals surface area contributed by atoms with Crippen molar-refractivity contribution in [3.8, 4) is 5.75 Å². The van der Waals surface area contributed by atoms with E-state index in [1.165, 1.54) is 11.1 Å². The molecule has 1 aromatic carbocycles. The topological polar surface area (TPSA) is 101 Å². The zero-order valence-corrected chi connectivity index (χ0v) is 18.2. The summed E-state index contributed by atoms with van der Waals surface area (Å²) in [5.74, 6) is 3.47. The Bertz CT molecular complexity index is 1400. The Kier molecular flexibility index (Phi) is 3.75. The van der Waals surface area contributed by atoms with E-state index < -0.39 is 0 Å². The van der Waals surface area contributed by atoms with E-state index in [2.05, 4.69) is 50.1 Å². The first-order valence-electron chi connectivity index (χ1n) is 11.3. The normalized spacial score (nSPS) is 24.9. The van der Waals surface area contributed by atoms with Crippen molar-refractivity contribution in [1.29, 1.82) is 0 Å². The predicted molar refractivity (Wildman–Crippen MR) is 122 cm³/mol.